The number of benzene rings is 4. The van der Waals surface area contributed by atoms with E-state index in [1.807, 2.05) is 54.6 Å². The lowest BCUT2D eigenvalue weighted by molar-refractivity contribution is 0.328. The predicted octanol–water partition coefficient (Wildman–Crippen LogP) is 7.52. The molecule has 4 aromatic carbocycles. The molecule has 214 valence electrons. The molecule has 1 N–H and O–H groups in total. The van der Waals surface area contributed by atoms with Gasteiger partial charge in [0, 0.05) is 40.5 Å². The van der Waals surface area contributed by atoms with Gasteiger partial charge in [-0.3, -0.25) is 0 Å². The van der Waals surface area contributed by atoms with E-state index >= 15 is 0 Å². The summed E-state index contributed by atoms with van der Waals surface area (Å²) < 4.78 is 41.7. The van der Waals surface area contributed by atoms with Crippen LogP contribution in [0.25, 0.3) is 10.9 Å². The summed E-state index contributed by atoms with van der Waals surface area (Å²) in [4.78, 5) is 8.75. The van der Waals surface area contributed by atoms with E-state index in [2.05, 4.69) is 27.4 Å². The molecule has 42 heavy (non-hydrogen) atoms. The van der Waals surface area contributed by atoms with Gasteiger partial charge in [-0.05, 0) is 78.1 Å². The third-order valence-corrected chi connectivity index (χ3v) is 10.1. The molecule has 0 unspecified atom stereocenters. The third kappa shape index (κ3) is 5.85. The highest BCUT2D eigenvalue weighted by molar-refractivity contribution is 7.89. The normalized spacial score (nSPS) is 14.9. The highest BCUT2D eigenvalue weighted by Crippen LogP contribution is 2.36. The molecule has 0 radical (unpaired) electrons. The summed E-state index contributed by atoms with van der Waals surface area (Å²) in [6.45, 7) is 0.551. The topological polar surface area (TPSA) is 75.2 Å². The molecule has 1 aromatic heterocycles. The maximum absolute atomic E-state index is 14.3. The fourth-order valence-corrected chi connectivity index (χ4v) is 7.27. The SMILES string of the molecule is O=S(=O)(c1ccccc1F)N1CCC(Nc2ncnc3ccc(C(c4ccc(Cl)cc4)c4ccc(Cl)cc4)cc23)CC1. The van der Waals surface area contributed by atoms with Gasteiger partial charge in [0.1, 0.15) is 22.9 Å². The first kappa shape index (κ1) is 28.6. The Bertz CT molecular complexity index is 1780. The number of anilines is 1. The van der Waals surface area contributed by atoms with Crippen LogP contribution in [0.2, 0.25) is 10.0 Å². The Balaban J connectivity index is 1.27. The Morgan fingerprint density at radius 1 is 0.810 bits per heavy atom. The number of nitrogens with zero attached hydrogens (tertiary/aromatic N) is 3. The molecule has 0 spiro atoms. The highest BCUT2D eigenvalue weighted by Gasteiger charge is 2.31. The van der Waals surface area contributed by atoms with E-state index < -0.39 is 15.8 Å². The van der Waals surface area contributed by atoms with E-state index in [1.54, 1.807) is 0 Å². The first-order valence-electron chi connectivity index (χ1n) is 13.6. The molecule has 0 atom stereocenters. The van der Waals surface area contributed by atoms with Crippen molar-refractivity contribution in [1.82, 2.24) is 14.3 Å². The van der Waals surface area contributed by atoms with Crippen LogP contribution < -0.4 is 5.32 Å². The Kier molecular flexibility index (Phi) is 8.14. The van der Waals surface area contributed by atoms with Crippen molar-refractivity contribution < 1.29 is 12.8 Å². The van der Waals surface area contributed by atoms with Crippen molar-refractivity contribution in [2.75, 3.05) is 18.4 Å². The molecule has 5 aromatic rings. The van der Waals surface area contributed by atoms with E-state index in [4.69, 9.17) is 23.2 Å². The van der Waals surface area contributed by atoms with E-state index in [-0.39, 0.29) is 29.9 Å². The van der Waals surface area contributed by atoms with Crippen LogP contribution in [0.15, 0.2) is 102 Å². The molecule has 1 aliphatic heterocycles. The molecule has 0 aliphatic carbocycles. The van der Waals surface area contributed by atoms with Gasteiger partial charge >= 0.3 is 0 Å². The number of rotatable bonds is 7. The molecule has 6 rings (SSSR count). The Morgan fingerprint density at radius 2 is 1.40 bits per heavy atom. The Hall–Kier alpha value is -3.56. The quantitative estimate of drug-likeness (QED) is 0.190. The summed E-state index contributed by atoms with van der Waals surface area (Å²) in [5, 5.41) is 5.72. The van der Waals surface area contributed by atoms with E-state index in [1.165, 1.54) is 34.9 Å². The number of hydrogen-bond acceptors (Lipinski definition) is 5. The molecule has 0 saturated carbocycles. The minimum Gasteiger partial charge on any atom is -0.367 e. The molecule has 0 bridgehead atoms. The summed E-state index contributed by atoms with van der Waals surface area (Å²) in [5.74, 6) is -0.136. The number of hydrogen-bond donors (Lipinski definition) is 1. The second-order valence-electron chi connectivity index (χ2n) is 10.3. The molecule has 1 saturated heterocycles. The summed E-state index contributed by atoms with van der Waals surface area (Å²) in [5.41, 5.74) is 4.00. The molecule has 1 fully saturated rings. The smallest absolute Gasteiger partial charge is 0.245 e. The van der Waals surface area contributed by atoms with Gasteiger partial charge in [0.15, 0.2) is 0 Å². The van der Waals surface area contributed by atoms with Gasteiger partial charge in [-0.25, -0.2) is 22.8 Å². The maximum Gasteiger partial charge on any atom is 0.245 e. The van der Waals surface area contributed by atoms with E-state index in [9.17, 15) is 12.8 Å². The lowest BCUT2D eigenvalue weighted by Gasteiger charge is -2.32. The average Bonchev–Trinajstić information content (AvgIpc) is 3.00. The van der Waals surface area contributed by atoms with Gasteiger partial charge in [-0.15, -0.1) is 0 Å². The lowest BCUT2D eigenvalue weighted by atomic mass is 9.84. The van der Waals surface area contributed by atoms with Gasteiger partial charge in [-0.2, -0.15) is 4.31 Å². The van der Waals surface area contributed by atoms with Crippen LogP contribution in [0.4, 0.5) is 10.2 Å². The summed E-state index contributed by atoms with van der Waals surface area (Å²) >= 11 is 12.4. The molecular weight excluding hydrogens is 594 g/mol. The predicted molar refractivity (Wildman–Crippen MR) is 165 cm³/mol. The van der Waals surface area contributed by atoms with Crippen LogP contribution in [0, 0.1) is 5.82 Å². The number of sulfonamides is 1. The highest BCUT2D eigenvalue weighted by atomic mass is 35.5. The minimum atomic E-state index is -3.91. The second-order valence-corrected chi connectivity index (χ2v) is 13.1. The largest absolute Gasteiger partial charge is 0.367 e. The van der Waals surface area contributed by atoms with Crippen LogP contribution in [-0.4, -0.2) is 41.8 Å². The standard InChI is InChI=1S/C32H27Cl2FN4O2S/c33-24-10-5-21(6-11-24)31(22-7-12-25(34)13-8-22)23-9-14-29-27(19-23)32(37-20-36-29)38-26-15-17-39(18-16-26)42(40,41)30-4-2-1-3-28(30)35/h1-14,19-20,26,31H,15-18H2,(H,36,37,38). The summed E-state index contributed by atoms with van der Waals surface area (Å²) in [7, 11) is -3.91. The zero-order valence-electron chi connectivity index (χ0n) is 22.4. The molecule has 0 amide bonds. The number of aromatic nitrogens is 2. The van der Waals surface area contributed by atoms with Gasteiger partial charge in [-0.1, -0.05) is 65.7 Å². The number of nitrogens with one attached hydrogen (secondary N) is 1. The van der Waals surface area contributed by atoms with Crippen LogP contribution in [0.3, 0.4) is 0 Å². The average molecular weight is 622 g/mol. The summed E-state index contributed by atoms with van der Waals surface area (Å²) in [6, 6.07) is 27.3. The van der Waals surface area contributed by atoms with Crippen molar-refractivity contribution in [2.45, 2.75) is 29.7 Å². The van der Waals surface area contributed by atoms with Crippen molar-refractivity contribution >= 4 is 49.9 Å². The van der Waals surface area contributed by atoms with Gasteiger partial charge in [0.2, 0.25) is 10.0 Å². The Morgan fingerprint density at radius 3 is 2.02 bits per heavy atom. The van der Waals surface area contributed by atoms with E-state index in [0.29, 0.717) is 28.7 Å². The van der Waals surface area contributed by atoms with Crippen molar-refractivity contribution in [3.8, 4) is 0 Å². The van der Waals surface area contributed by atoms with E-state index in [0.717, 1.165) is 27.6 Å². The van der Waals surface area contributed by atoms with Gasteiger partial charge in [0.25, 0.3) is 0 Å². The summed E-state index contributed by atoms with van der Waals surface area (Å²) in [6.07, 6.45) is 2.63. The molecule has 1 aliphatic rings. The first-order valence-corrected chi connectivity index (χ1v) is 15.8. The fourth-order valence-electron chi connectivity index (χ4n) is 5.48. The minimum absolute atomic E-state index is 0.0119. The van der Waals surface area contributed by atoms with Crippen molar-refractivity contribution in [2.24, 2.45) is 0 Å². The zero-order valence-corrected chi connectivity index (χ0v) is 24.7. The fraction of sp³-hybridized carbons (Fsp3) is 0.188. The third-order valence-electron chi connectivity index (χ3n) is 7.65. The molecule has 6 nitrogen and oxygen atoms in total. The van der Waals surface area contributed by atoms with Crippen molar-refractivity contribution in [3.63, 3.8) is 0 Å². The number of piperidine rings is 1. The molecule has 2 heterocycles. The first-order chi connectivity index (χ1) is 20.3. The molecule has 10 heteroatoms. The molecular formula is C32H27Cl2FN4O2S. The van der Waals surface area contributed by atoms with Gasteiger partial charge in [0.05, 0.1) is 5.52 Å². The number of halogens is 3. The van der Waals surface area contributed by atoms with Crippen molar-refractivity contribution in [3.05, 3.63) is 130 Å². The van der Waals surface area contributed by atoms with Crippen LogP contribution in [0.1, 0.15) is 35.4 Å². The maximum atomic E-state index is 14.3. The monoisotopic (exact) mass is 620 g/mol. The van der Waals surface area contributed by atoms with Crippen molar-refractivity contribution in [1.29, 1.82) is 0 Å². The van der Waals surface area contributed by atoms with Crippen LogP contribution >= 0.6 is 23.2 Å². The second kappa shape index (κ2) is 12.0. The Labute approximate surface area is 254 Å². The van der Waals surface area contributed by atoms with Crippen LogP contribution in [-0.2, 0) is 10.0 Å². The number of fused-ring (bicyclic) bond motifs is 1. The van der Waals surface area contributed by atoms with Crippen LogP contribution in [0.5, 0.6) is 0 Å². The zero-order chi connectivity index (χ0) is 29.3. The lowest BCUT2D eigenvalue weighted by Crippen LogP contribution is -2.42. The van der Waals surface area contributed by atoms with Gasteiger partial charge < -0.3 is 5.32 Å².